The maximum atomic E-state index is 12.7. The molecule has 0 saturated carbocycles. The SMILES string of the molecule is Cc1cccc(C(=O)Cc2cccc(Oc3ccc4c(c3)CN=C4C3=Cc4ccccc4C3)c2)c1. The van der Waals surface area contributed by atoms with Gasteiger partial charge >= 0.3 is 0 Å². The monoisotopic (exact) mass is 455 g/mol. The summed E-state index contributed by atoms with van der Waals surface area (Å²) in [7, 11) is 0. The number of aryl methyl sites for hydroxylation is 1. The summed E-state index contributed by atoms with van der Waals surface area (Å²) < 4.78 is 6.19. The van der Waals surface area contributed by atoms with Gasteiger partial charge in [-0.1, -0.05) is 60.2 Å². The molecule has 1 heterocycles. The van der Waals surface area contributed by atoms with E-state index < -0.39 is 0 Å². The molecule has 0 amide bonds. The molecule has 0 fully saturated rings. The van der Waals surface area contributed by atoms with Crippen molar-refractivity contribution < 1.29 is 9.53 Å². The van der Waals surface area contributed by atoms with Crippen molar-refractivity contribution >= 4 is 17.6 Å². The molecule has 0 bridgehead atoms. The lowest BCUT2D eigenvalue weighted by atomic mass is 9.98. The van der Waals surface area contributed by atoms with E-state index in [4.69, 9.17) is 9.73 Å². The predicted octanol–water partition coefficient (Wildman–Crippen LogP) is 7.16. The molecule has 0 spiro atoms. The molecule has 1 aliphatic heterocycles. The molecule has 35 heavy (non-hydrogen) atoms. The fraction of sp³-hybridized carbons (Fsp3) is 0.125. The summed E-state index contributed by atoms with van der Waals surface area (Å²) in [5, 5.41) is 0. The van der Waals surface area contributed by atoms with Gasteiger partial charge in [0.15, 0.2) is 5.78 Å². The van der Waals surface area contributed by atoms with Gasteiger partial charge in [0.25, 0.3) is 0 Å². The highest BCUT2D eigenvalue weighted by atomic mass is 16.5. The Morgan fingerprint density at radius 3 is 2.60 bits per heavy atom. The summed E-state index contributed by atoms with van der Waals surface area (Å²) in [5.74, 6) is 1.62. The zero-order valence-corrected chi connectivity index (χ0v) is 19.6. The second-order valence-electron chi connectivity index (χ2n) is 9.25. The van der Waals surface area contributed by atoms with Crippen molar-refractivity contribution in [3.8, 4) is 11.5 Å². The van der Waals surface area contributed by atoms with E-state index in [-0.39, 0.29) is 5.78 Å². The fourth-order valence-electron chi connectivity index (χ4n) is 4.91. The Kier molecular flexibility index (Phi) is 5.38. The Labute approximate surface area is 205 Å². The van der Waals surface area contributed by atoms with Crippen LogP contribution < -0.4 is 4.74 Å². The summed E-state index contributed by atoms with van der Waals surface area (Å²) in [6, 6.07) is 30.2. The summed E-state index contributed by atoms with van der Waals surface area (Å²) >= 11 is 0. The van der Waals surface area contributed by atoms with E-state index in [0.717, 1.165) is 40.3 Å². The minimum Gasteiger partial charge on any atom is -0.457 e. The molecule has 4 aromatic carbocycles. The minimum atomic E-state index is 0.108. The number of allylic oxidation sites excluding steroid dienone is 1. The van der Waals surface area contributed by atoms with Gasteiger partial charge in [0.1, 0.15) is 11.5 Å². The van der Waals surface area contributed by atoms with Gasteiger partial charge in [-0.3, -0.25) is 9.79 Å². The summed E-state index contributed by atoms with van der Waals surface area (Å²) in [5.41, 5.74) is 10.2. The van der Waals surface area contributed by atoms with E-state index in [1.807, 2.05) is 61.5 Å². The molecule has 4 aromatic rings. The first-order valence-electron chi connectivity index (χ1n) is 12.0. The van der Waals surface area contributed by atoms with E-state index in [1.54, 1.807) is 0 Å². The number of aliphatic imine (C=N–C) groups is 1. The Balaban J connectivity index is 1.16. The smallest absolute Gasteiger partial charge is 0.167 e. The fourth-order valence-corrected chi connectivity index (χ4v) is 4.91. The van der Waals surface area contributed by atoms with Gasteiger partial charge in [-0.15, -0.1) is 0 Å². The van der Waals surface area contributed by atoms with Crippen molar-refractivity contribution in [1.29, 1.82) is 0 Å². The highest BCUT2D eigenvalue weighted by molar-refractivity contribution is 6.18. The summed E-state index contributed by atoms with van der Waals surface area (Å²) in [4.78, 5) is 17.6. The highest BCUT2D eigenvalue weighted by Crippen LogP contribution is 2.34. The van der Waals surface area contributed by atoms with Gasteiger partial charge in [-0.05, 0) is 77.2 Å². The maximum Gasteiger partial charge on any atom is 0.167 e. The van der Waals surface area contributed by atoms with Crippen LogP contribution in [0.25, 0.3) is 6.08 Å². The number of Topliss-reactive ketones (excluding diaryl/α,β-unsaturated/α-hetero) is 1. The topological polar surface area (TPSA) is 38.7 Å². The van der Waals surface area contributed by atoms with Gasteiger partial charge in [0.2, 0.25) is 0 Å². The number of nitrogens with zero attached hydrogens (tertiary/aromatic N) is 1. The van der Waals surface area contributed by atoms with Crippen LogP contribution in [0.1, 0.15) is 43.7 Å². The van der Waals surface area contributed by atoms with Crippen LogP contribution in [0.4, 0.5) is 0 Å². The first-order chi connectivity index (χ1) is 17.1. The molecule has 0 unspecified atom stereocenters. The van der Waals surface area contributed by atoms with Crippen molar-refractivity contribution in [2.45, 2.75) is 26.3 Å². The molecule has 2 aliphatic rings. The molecule has 0 atom stereocenters. The molecule has 170 valence electrons. The summed E-state index contributed by atoms with van der Waals surface area (Å²) in [6.07, 6.45) is 3.54. The number of carbonyl (C=O) groups is 1. The first-order valence-corrected chi connectivity index (χ1v) is 12.0. The van der Waals surface area contributed by atoms with Gasteiger partial charge in [0.05, 0.1) is 12.3 Å². The number of carbonyl (C=O) groups excluding carboxylic acids is 1. The number of ether oxygens (including phenoxy) is 1. The number of benzene rings is 4. The standard InChI is InChI=1S/C32H25NO2/c1-21-6-4-10-25(14-21)31(34)16-22-7-5-11-28(15-22)35-29-12-13-30-27(19-29)20-33-32(30)26-17-23-8-2-3-9-24(23)18-26/h2-15,17,19H,16,18,20H2,1H3. The molecule has 6 rings (SSSR count). The lowest BCUT2D eigenvalue weighted by molar-refractivity contribution is 0.0993. The lowest BCUT2D eigenvalue weighted by Gasteiger charge is -2.10. The molecular formula is C32H25NO2. The third kappa shape index (κ3) is 4.33. The Morgan fingerprint density at radius 2 is 1.71 bits per heavy atom. The van der Waals surface area contributed by atoms with Crippen molar-refractivity contribution in [1.82, 2.24) is 0 Å². The zero-order valence-electron chi connectivity index (χ0n) is 19.6. The van der Waals surface area contributed by atoms with Gasteiger partial charge in [-0.2, -0.15) is 0 Å². The lowest BCUT2D eigenvalue weighted by Crippen LogP contribution is -2.04. The minimum absolute atomic E-state index is 0.108. The van der Waals surface area contributed by atoms with Crippen LogP contribution in [0, 0.1) is 6.92 Å². The second-order valence-corrected chi connectivity index (χ2v) is 9.25. The first kappa shape index (κ1) is 21.3. The van der Waals surface area contributed by atoms with E-state index >= 15 is 0 Å². The van der Waals surface area contributed by atoms with Crippen LogP contribution in [0.5, 0.6) is 11.5 Å². The molecule has 0 aromatic heterocycles. The Bertz CT molecular complexity index is 1530. The molecule has 1 aliphatic carbocycles. The molecule has 0 radical (unpaired) electrons. The van der Waals surface area contributed by atoms with E-state index in [9.17, 15) is 4.79 Å². The van der Waals surface area contributed by atoms with Crippen LogP contribution in [-0.2, 0) is 19.4 Å². The average molecular weight is 456 g/mol. The van der Waals surface area contributed by atoms with Crippen molar-refractivity contribution in [2.24, 2.45) is 4.99 Å². The predicted molar refractivity (Wildman–Crippen MR) is 141 cm³/mol. The Morgan fingerprint density at radius 1 is 0.857 bits per heavy atom. The van der Waals surface area contributed by atoms with Crippen LogP contribution in [0.2, 0.25) is 0 Å². The quantitative estimate of drug-likeness (QED) is 0.290. The van der Waals surface area contributed by atoms with Crippen molar-refractivity contribution in [3.05, 3.63) is 136 Å². The van der Waals surface area contributed by atoms with E-state index in [2.05, 4.69) is 42.5 Å². The molecule has 3 heteroatoms. The van der Waals surface area contributed by atoms with Gasteiger partial charge < -0.3 is 4.74 Å². The number of hydrogen-bond acceptors (Lipinski definition) is 3. The average Bonchev–Trinajstić information content (AvgIpc) is 3.48. The summed E-state index contributed by atoms with van der Waals surface area (Å²) in [6.45, 7) is 2.67. The third-order valence-electron chi connectivity index (χ3n) is 6.65. The second kappa shape index (κ2) is 8.84. The number of rotatable bonds is 6. The van der Waals surface area contributed by atoms with E-state index in [0.29, 0.717) is 13.0 Å². The number of ketones is 1. The third-order valence-corrected chi connectivity index (χ3v) is 6.65. The van der Waals surface area contributed by atoms with Crippen LogP contribution >= 0.6 is 0 Å². The maximum absolute atomic E-state index is 12.7. The van der Waals surface area contributed by atoms with Crippen LogP contribution in [-0.4, -0.2) is 11.5 Å². The van der Waals surface area contributed by atoms with Crippen molar-refractivity contribution in [3.63, 3.8) is 0 Å². The van der Waals surface area contributed by atoms with Gasteiger partial charge in [0, 0.05) is 24.0 Å². The highest BCUT2D eigenvalue weighted by Gasteiger charge is 2.23. The Hall–Kier alpha value is -4.24. The van der Waals surface area contributed by atoms with Crippen molar-refractivity contribution in [2.75, 3.05) is 0 Å². The number of hydrogen-bond donors (Lipinski definition) is 0. The van der Waals surface area contributed by atoms with Gasteiger partial charge in [-0.25, -0.2) is 0 Å². The van der Waals surface area contributed by atoms with Crippen LogP contribution in [0.15, 0.2) is 102 Å². The number of fused-ring (bicyclic) bond motifs is 2. The van der Waals surface area contributed by atoms with E-state index in [1.165, 1.54) is 27.8 Å². The zero-order chi connectivity index (χ0) is 23.8. The molecular weight excluding hydrogens is 430 g/mol. The molecule has 0 N–H and O–H groups in total. The molecule has 0 saturated heterocycles. The van der Waals surface area contributed by atoms with Crippen LogP contribution in [0.3, 0.4) is 0 Å². The molecule has 3 nitrogen and oxygen atoms in total. The normalized spacial score (nSPS) is 13.6. The largest absolute Gasteiger partial charge is 0.457 e.